The number of hydrogen-bond acceptors (Lipinski definition) is 5. The molecule has 0 radical (unpaired) electrons. The molecule has 5 rings (SSSR count). The molecule has 0 spiro atoms. The maximum Gasteiger partial charge on any atom is 0.419 e. The molecule has 6 nitrogen and oxygen atoms in total. The zero-order valence-corrected chi connectivity index (χ0v) is 17.3. The van der Waals surface area contributed by atoms with Gasteiger partial charge in [-0.2, -0.15) is 23.5 Å². The Labute approximate surface area is 178 Å². The number of fused-ring (bicyclic) bond motifs is 1. The van der Waals surface area contributed by atoms with Gasteiger partial charge in [0, 0.05) is 48.5 Å². The van der Waals surface area contributed by atoms with Crippen molar-refractivity contribution in [3.05, 3.63) is 41.2 Å². The van der Waals surface area contributed by atoms with E-state index < -0.39 is 17.6 Å². The summed E-state index contributed by atoms with van der Waals surface area (Å²) in [5.41, 5.74) is 7.70. The van der Waals surface area contributed by atoms with Gasteiger partial charge in [0.15, 0.2) is 0 Å². The first kappa shape index (κ1) is 20.1. The van der Waals surface area contributed by atoms with Gasteiger partial charge in [-0.05, 0) is 38.3 Å². The molecule has 0 aromatic carbocycles. The summed E-state index contributed by atoms with van der Waals surface area (Å²) >= 11 is 0. The molecular formula is C22H23F3N6. The predicted octanol–water partition coefficient (Wildman–Crippen LogP) is 3.99. The van der Waals surface area contributed by atoms with Gasteiger partial charge in [0.05, 0.1) is 23.2 Å². The Kier molecular flexibility index (Phi) is 4.42. The summed E-state index contributed by atoms with van der Waals surface area (Å²) < 4.78 is 41.7. The molecule has 3 atom stereocenters. The first-order valence-electron chi connectivity index (χ1n) is 10.4. The fourth-order valence-electron chi connectivity index (χ4n) is 4.92. The topological polar surface area (TPSA) is 83.8 Å². The van der Waals surface area contributed by atoms with Gasteiger partial charge in [-0.25, -0.2) is 4.98 Å². The molecule has 2 aromatic heterocycles. The van der Waals surface area contributed by atoms with Gasteiger partial charge < -0.3 is 5.73 Å². The van der Waals surface area contributed by atoms with E-state index in [0.29, 0.717) is 23.2 Å². The van der Waals surface area contributed by atoms with Crippen molar-refractivity contribution < 1.29 is 13.2 Å². The van der Waals surface area contributed by atoms with E-state index in [2.05, 4.69) is 27.1 Å². The number of anilines is 1. The van der Waals surface area contributed by atoms with Crippen LogP contribution in [0.1, 0.15) is 43.5 Å². The van der Waals surface area contributed by atoms with Crippen LogP contribution in [0.3, 0.4) is 0 Å². The molecule has 2 fully saturated rings. The standard InChI is InChI=1S/C22H23F3N6/c1-11(2)31-19(20-15-4-14(5-16(15)20)30-9-12(7-26)10-30)6-18(29-31)13-3-17(22(23,24)25)21(27)28-8-13/h3-4,6,8,11-12,14,16,20H,5,9-10H2,1-2H3,(H2,27,28)/t14?,16-,20+/m1/s1. The molecule has 2 N–H and O–H groups in total. The van der Waals surface area contributed by atoms with Crippen LogP contribution in [-0.4, -0.2) is 38.8 Å². The third-order valence-electron chi connectivity index (χ3n) is 6.61. The largest absolute Gasteiger partial charge is 0.419 e. The highest BCUT2D eigenvalue weighted by molar-refractivity contribution is 5.64. The van der Waals surface area contributed by atoms with Gasteiger partial charge in [0.1, 0.15) is 5.82 Å². The summed E-state index contributed by atoms with van der Waals surface area (Å²) in [6, 6.07) is 5.70. The minimum atomic E-state index is -4.56. The van der Waals surface area contributed by atoms with Crippen LogP contribution in [0.5, 0.6) is 0 Å². The number of hydrogen-bond donors (Lipinski definition) is 1. The van der Waals surface area contributed by atoms with Crippen LogP contribution in [0.4, 0.5) is 19.0 Å². The molecule has 31 heavy (non-hydrogen) atoms. The summed E-state index contributed by atoms with van der Waals surface area (Å²) in [6.45, 7) is 5.70. The molecule has 0 amide bonds. The van der Waals surface area contributed by atoms with Crippen LogP contribution in [0.25, 0.3) is 11.3 Å². The van der Waals surface area contributed by atoms with Crippen molar-refractivity contribution >= 4 is 5.82 Å². The number of allylic oxidation sites excluding steroid dienone is 1. The quantitative estimate of drug-likeness (QED) is 0.745. The number of nitriles is 1. The van der Waals surface area contributed by atoms with Crippen molar-refractivity contribution in [3.8, 4) is 17.3 Å². The first-order valence-corrected chi connectivity index (χ1v) is 10.4. The van der Waals surface area contributed by atoms with E-state index >= 15 is 0 Å². The third kappa shape index (κ3) is 3.30. The minimum Gasteiger partial charge on any atom is -0.383 e. The number of pyridine rings is 1. The van der Waals surface area contributed by atoms with Crippen molar-refractivity contribution in [2.75, 3.05) is 18.8 Å². The monoisotopic (exact) mass is 428 g/mol. The Hall–Kier alpha value is -2.86. The van der Waals surface area contributed by atoms with Gasteiger partial charge >= 0.3 is 6.18 Å². The first-order chi connectivity index (χ1) is 14.7. The minimum absolute atomic E-state index is 0.0806. The zero-order valence-electron chi connectivity index (χ0n) is 17.3. The SMILES string of the molecule is CC(C)n1nc(-c2cnc(N)c(C(F)(F)F)c2)cc1[C@H]1C2=CC(N3CC(C#N)C3)C[C@H]21. The van der Waals surface area contributed by atoms with Crippen molar-refractivity contribution in [2.45, 2.75) is 44.4 Å². The molecule has 9 heteroatoms. The van der Waals surface area contributed by atoms with Crippen LogP contribution in [0.2, 0.25) is 0 Å². The van der Waals surface area contributed by atoms with E-state index in [1.165, 1.54) is 11.8 Å². The normalized spacial score (nSPS) is 25.8. The number of rotatable bonds is 4. The van der Waals surface area contributed by atoms with E-state index in [0.717, 1.165) is 31.3 Å². The summed E-state index contributed by atoms with van der Waals surface area (Å²) in [7, 11) is 0. The fourth-order valence-corrected chi connectivity index (χ4v) is 4.92. The number of nitrogens with two attached hydrogens (primary N) is 1. The van der Waals surface area contributed by atoms with E-state index in [1.807, 2.05) is 24.6 Å². The second-order valence-corrected chi connectivity index (χ2v) is 8.98. The number of aromatic nitrogens is 3. The van der Waals surface area contributed by atoms with E-state index in [1.54, 1.807) is 0 Å². The summed E-state index contributed by atoms with van der Waals surface area (Å²) in [5, 5.41) is 13.6. The highest BCUT2D eigenvalue weighted by Crippen LogP contribution is 2.61. The number of nitrogen functional groups attached to an aromatic ring is 1. The molecule has 3 aliphatic rings. The van der Waals surface area contributed by atoms with Crippen LogP contribution in [0.15, 0.2) is 30.0 Å². The summed E-state index contributed by atoms with van der Waals surface area (Å²) in [5.74, 6) is 0.323. The Morgan fingerprint density at radius 1 is 1.26 bits per heavy atom. The van der Waals surface area contributed by atoms with Crippen LogP contribution in [0, 0.1) is 23.2 Å². The van der Waals surface area contributed by atoms with Crippen molar-refractivity contribution in [2.24, 2.45) is 11.8 Å². The smallest absolute Gasteiger partial charge is 0.383 e. The molecule has 1 saturated carbocycles. The Morgan fingerprint density at radius 3 is 2.58 bits per heavy atom. The van der Waals surface area contributed by atoms with Gasteiger partial charge in [0.25, 0.3) is 0 Å². The maximum absolute atomic E-state index is 13.3. The van der Waals surface area contributed by atoms with Crippen LogP contribution in [-0.2, 0) is 6.18 Å². The molecule has 1 saturated heterocycles. The number of alkyl halides is 3. The fraction of sp³-hybridized carbons (Fsp3) is 0.500. The average Bonchev–Trinajstić information content (AvgIpc) is 3.03. The highest BCUT2D eigenvalue weighted by atomic mass is 19.4. The molecule has 162 valence electrons. The Balaban J connectivity index is 1.42. The van der Waals surface area contributed by atoms with Crippen molar-refractivity contribution in [1.82, 2.24) is 19.7 Å². The van der Waals surface area contributed by atoms with E-state index in [9.17, 15) is 13.2 Å². The molecule has 2 aliphatic carbocycles. The lowest BCUT2D eigenvalue weighted by atomic mass is 9.97. The van der Waals surface area contributed by atoms with Crippen LogP contribution >= 0.6 is 0 Å². The number of nitrogens with zero attached hydrogens (tertiary/aromatic N) is 5. The van der Waals surface area contributed by atoms with Gasteiger partial charge in [-0.15, -0.1) is 0 Å². The lowest BCUT2D eigenvalue weighted by Crippen LogP contribution is -2.50. The molecule has 1 aliphatic heterocycles. The number of halogens is 3. The molecule has 0 bridgehead atoms. The molecule has 1 unspecified atom stereocenters. The summed E-state index contributed by atoms with van der Waals surface area (Å²) in [4.78, 5) is 6.09. The van der Waals surface area contributed by atoms with Crippen LogP contribution < -0.4 is 5.73 Å². The molecule has 3 heterocycles. The van der Waals surface area contributed by atoms with Gasteiger partial charge in [-0.1, -0.05) is 11.6 Å². The zero-order chi connectivity index (χ0) is 22.1. The van der Waals surface area contributed by atoms with Crippen molar-refractivity contribution in [1.29, 1.82) is 5.26 Å². The molecule has 2 aromatic rings. The predicted molar refractivity (Wildman–Crippen MR) is 109 cm³/mol. The van der Waals surface area contributed by atoms with E-state index in [4.69, 9.17) is 11.0 Å². The Morgan fingerprint density at radius 2 is 2.00 bits per heavy atom. The average molecular weight is 428 g/mol. The second-order valence-electron chi connectivity index (χ2n) is 8.98. The lowest BCUT2D eigenvalue weighted by molar-refractivity contribution is -0.137. The van der Waals surface area contributed by atoms with Gasteiger partial charge in [0.2, 0.25) is 0 Å². The lowest BCUT2D eigenvalue weighted by Gasteiger charge is -2.39. The van der Waals surface area contributed by atoms with Gasteiger partial charge in [-0.3, -0.25) is 9.58 Å². The highest BCUT2D eigenvalue weighted by Gasteiger charge is 2.53. The van der Waals surface area contributed by atoms with E-state index in [-0.39, 0.29) is 17.9 Å². The second kappa shape index (κ2) is 6.82. The maximum atomic E-state index is 13.3. The molecular weight excluding hydrogens is 405 g/mol. The Bertz CT molecular complexity index is 1100. The summed E-state index contributed by atoms with van der Waals surface area (Å²) in [6.07, 6.45) is 0.121. The third-order valence-corrected chi connectivity index (χ3v) is 6.61. The number of likely N-dealkylation sites (tertiary alicyclic amines) is 1. The van der Waals surface area contributed by atoms with Crippen molar-refractivity contribution in [3.63, 3.8) is 0 Å².